The number of allylic oxidation sites excluding steroid dienone is 1. The van der Waals surface area contributed by atoms with Gasteiger partial charge in [0.2, 0.25) is 0 Å². The van der Waals surface area contributed by atoms with Crippen molar-refractivity contribution in [1.82, 2.24) is 5.16 Å². The predicted octanol–water partition coefficient (Wildman–Crippen LogP) is 0.450. The number of rotatable bonds is 0. The minimum Gasteiger partial charge on any atom is -0.346 e. The number of aromatic amines is 1. The molecule has 0 aliphatic carbocycles. The molecule has 0 unspecified atom stereocenters. The average Bonchev–Trinajstić information content (AvgIpc) is 2.34. The lowest BCUT2D eigenvalue weighted by atomic mass is 10.2. The molecule has 2 heterocycles. The van der Waals surface area contributed by atoms with Gasteiger partial charge in [0.25, 0.3) is 0 Å². The van der Waals surface area contributed by atoms with Crippen molar-refractivity contribution in [2.24, 2.45) is 0 Å². The van der Waals surface area contributed by atoms with Crippen molar-refractivity contribution in [3.63, 3.8) is 0 Å². The first-order valence-electron chi connectivity index (χ1n) is 3.00. The van der Waals surface area contributed by atoms with Gasteiger partial charge in [-0.1, -0.05) is 6.08 Å². The molecule has 1 aromatic rings. The molecule has 4 nitrogen and oxygen atoms in total. The number of hydrogen-bond donors (Lipinski definition) is 2. The fourth-order valence-electron chi connectivity index (χ4n) is 0.944. The summed E-state index contributed by atoms with van der Waals surface area (Å²) in [5, 5.41) is 5.33. The highest BCUT2D eigenvalue weighted by Crippen LogP contribution is 2.12. The van der Waals surface area contributed by atoms with E-state index in [2.05, 4.69) is 15.0 Å². The molecule has 0 radical (unpaired) electrons. The molecule has 0 bridgehead atoms. The van der Waals surface area contributed by atoms with Crippen molar-refractivity contribution < 1.29 is 4.52 Å². The van der Waals surface area contributed by atoms with E-state index in [1.54, 1.807) is 6.20 Å². The maximum absolute atomic E-state index is 10.8. The zero-order valence-electron chi connectivity index (χ0n) is 5.18. The lowest BCUT2D eigenvalue weighted by molar-refractivity contribution is 0.393. The molecule has 10 heavy (non-hydrogen) atoms. The SMILES string of the molecule is O=c1o[nH]c2c1CC=CN2. The number of anilines is 1. The summed E-state index contributed by atoms with van der Waals surface area (Å²) in [4.78, 5) is 10.8. The zero-order chi connectivity index (χ0) is 6.97. The third-order valence-electron chi connectivity index (χ3n) is 1.46. The highest BCUT2D eigenvalue weighted by atomic mass is 16.5. The Morgan fingerprint density at radius 3 is 3.30 bits per heavy atom. The Labute approximate surface area is 56.5 Å². The van der Waals surface area contributed by atoms with E-state index < -0.39 is 0 Å². The highest BCUT2D eigenvalue weighted by Gasteiger charge is 2.11. The van der Waals surface area contributed by atoms with Crippen LogP contribution in [-0.4, -0.2) is 5.16 Å². The van der Waals surface area contributed by atoms with Crippen LogP contribution in [-0.2, 0) is 6.42 Å². The molecule has 1 aromatic heterocycles. The van der Waals surface area contributed by atoms with Crippen LogP contribution in [0.3, 0.4) is 0 Å². The summed E-state index contributed by atoms with van der Waals surface area (Å²) in [6.45, 7) is 0. The normalized spacial score (nSPS) is 14.4. The van der Waals surface area contributed by atoms with Gasteiger partial charge >= 0.3 is 5.63 Å². The first-order chi connectivity index (χ1) is 4.88. The number of hydrogen-bond acceptors (Lipinski definition) is 3. The molecule has 0 spiro atoms. The zero-order valence-corrected chi connectivity index (χ0v) is 5.18. The van der Waals surface area contributed by atoms with Gasteiger partial charge in [-0.15, -0.1) is 0 Å². The highest BCUT2D eigenvalue weighted by molar-refractivity contribution is 5.47. The Balaban J connectivity index is 2.61. The van der Waals surface area contributed by atoms with E-state index in [4.69, 9.17) is 0 Å². The van der Waals surface area contributed by atoms with Gasteiger partial charge in [0.05, 0.1) is 5.56 Å². The van der Waals surface area contributed by atoms with Crippen molar-refractivity contribution in [2.75, 3.05) is 5.32 Å². The Hall–Kier alpha value is -1.45. The van der Waals surface area contributed by atoms with Crippen LogP contribution in [0, 0.1) is 0 Å². The summed E-state index contributed by atoms with van der Waals surface area (Å²) >= 11 is 0. The van der Waals surface area contributed by atoms with Gasteiger partial charge in [-0.2, -0.15) is 0 Å². The topological polar surface area (TPSA) is 58.0 Å². The van der Waals surface area contributed by atoms with E-state index in [0.29, 0.717) is 17.8 Å². The van der Waals surface area contributed by atoms with Gasteiger partial charge in [0, 0.05) is 6.42 Å². The van der Waals surface area contributed by atoms with Crippen LogP contribution in [0.5, 0.6) is 0 Å². The Morgan fingerprint density at radius 1 is 1.60 bits per heavy atom. The lowest BCUT2D eigenvalue weighted by Crippen LogP contribution is -2.05. The summed E-state index contributed by atoms with van der Waals surface area (Å²) in [7, 11) is 0. The number of nitrogens with one attached hydrogen (secondary N) is 2. The van der Waals surface area contributed by atoms with E-state index in [0.717, 1.165) is 0 Å². The van der Waals surface area contributed by atoms with Crippen molar-refractivity contribution >= 4 is 5.82 Å². The maximum Gasteiger partial charge on any atom is 0.362 e. The van der Waals surface area contributed by atoms with E-state index in [1.807, 2.05) is 6.08 Å². The fourth-order valence-corrected chi connectivity index (χ4v) is 0.944. The maximum atomic E-state index is 10.8. The minimum atomic E-state index is -0.285. The molecule has 0 amide bonds. The minimum absolute atomic E-state index is 0.285. The molecule has 2 rings (SSSR count). The van der Waals surface area contributed by atoms with Crippen LogP contribution in [0.25, 0.3) is 0 Å². The first kappa shape index (κ1) is 5.34. The Morgan fingerprint density at radius 2 is 2.50 bits per heavy atom. The van der Waals surface area contributed by atoms with E-state index in [-0.39, 0.29) is 5.63 Å². The average molecular weight is 138 g/mol. The molecule has 2 N–H and O–H groups in total. The van der Waals surface area contributed by atoms with Crippen LogP contribution in [0.2, 0.25) is 0 Å². The third-order valence-corrected chi connectivity index (χ3v) is 1.46. The van der Waals surface area contributed by atoms with Crippen molar-refractivity contribution in [2.45, 2.75) is 6.42 Å². The monoisotopic (exact) mass is 138 g/mol. The van der Waals surface area contributed by atoms with Crippen LogP contribution >= 0.6 is 0 Å². The quantitative estimate of drug-likeness (QED) is 0.547. The summed E-state index contributed by atoms with van der Waals surface area (Å²) in [5.74, 6) is 0.674. The van der Waals surface area contributed by atoms with Crippen LogP contribution < -0.4 is 10.9 Å². The van der Waals surface area contributed by atoms with Crippen molar-refractivity contribution in [1.29, 1.82) is 0 Å². The summed E-state index contributed by atoms with van der Waals surface area (Å²) in [6, 6.07) is 0. The van der Waals surface area contributed by atoms with Gasteiger partial charge in [-0.25, -0.2) is 9.95 Å². The molecular formula is C6H6N2O2. The Bertz CT molecular complexity index is 321. The summed E-state index contributed by atoms with van der Waals surface area (Å²) in [5.41, 5.74) is 0.384. The molecule has 0 saturated heterocycles. The predicted molar refractivity (Wildman–Crippen MR) is 35.8 cm³/mol. The second kappa shape index (κ2) is 1.76. The second-order valence-corrected chi connectivity index (χ2v) is 2.10. The summed E-state index contributed by atoms with van der Waals surface area (Å²) < 4.78 is 4.53. The standard InChI is InChI=1S/C6H6N2O2/c9-6-4-2-1-3-7-5(4)8-10-6/h1,3,7-8H,2H2. The van der Waals surface area contributed by atoms with Gasteiger partial charge < -0.3 is 9.84 Å². The van der Waals surface area contributed by atoms with Gasteiger partial charge in [0.1, 0.15) is 5.82 Å². The number of aromatic nitrogens is 1. The molecule has 0 saturated carbocycles. The van der Waals surface area contributed by atoms with E-state index in [1.165, 1.54) is 0 Å². The molecule has 1 aliphatic heterocycles. The lowest BCUT2D eigenvalue weighted by Gasteiger charge is -2.01. The first-order valence-corrected chi connectivity index (χ1v) is 3.00. The van der Waals surface area contributed by atoms with Crippen molar-refractivity contribution in [3.05, 3.63) is 28.3 Å². The number of H-pyrrole nitrogens is 1. The molecule has 0 fully saturated rings. The fraction of sp³-hybridized carbons (Fsp3) is 0.167. The van der Waals surface area contributed by atoms with Crippen LogP contribution in [0.4, 0.5) is 5.82 Å². The van der Waals surface area contributed by atoms with Crippen molar-refractivity contribution in [3.8, 4) is 0 Å². The molecule has 1 aliphatic rings. The molecular weight excluding hydrogens is 132 g/mol. The van der Waals surface area contributed by atoms with Crippen LogP contribution in [0.15, 0.2) is 21.6 Å². The van der Waals surface area contributed by atoms with Crippen LogP contribution in [0.1, 0.15) is 5.56 Å². The van der Waals surface area contributed by atoms with E-state index >= 15 is 0 Å². The van der Waals surface area contributed by atoms with Gasteiger partial charge in [-0.05, 0) is 6.20 Å². The molecule has 4 heteroatoms. The molecule has 52 valence electrons. The second-order valence-electron chi connectivity index (χ2n) is 2.10. The molecule has 0 aromatic carbocycles. The summed E-state index contributed by atoms with van der Waals surface area (Å²) in [6.07, 6.45) is 4.29. The third kappa shape index (κ3) is 0.586. The van der Waals surface area contributed by atoms with Gasteiger partial charge in [-0.3, -0.25) is 0 Å². The number of fused-ring (bicyclic) bond motifs is 1. The van der Waals surface area contributed by atoms with E-state index in [9.17, 15) is 4.79 Å². The molecule has 0 atom stereocenters. The van der Waals surface area contributed by atoms with Gasteiger partial charge in [0.15, 0.2) is 0 Å². The smallest absolute Gasteiger partial charge is 0.346 e. The largest absolute Gasteiger partial charge is 0.362 e. The Kier molecular flexibility index (Phi) is 0.943.